The molecule has 0 aliphatic carbocycles. The molecule has 2 aromatic heterocycles. The Morgan fingerprint density at radius 2 is 2.19 bits per heavy atom. The van der Waals surface area contributed by atoms with Crippen molar-refractivity contribution in [3.05, 3.63) is 48.5 Å². The highest BCUT2D eigenvalue weighted by Gasteiger charge is 2.22. The van der Waals surface area contributed by atoms with Crippen LogP contribution in [0.25, 0.3) is 5.65 Å². The third kappa shape index (κ3) is 2.08. The quantitative estimate of drug-likeness (QED) is 0.772. The minimum Gasteiger partial charge on any atom is -0.372 e. The number of fused-ring (bicyclic) bond motifs is 2. The number of benzene rings is 1. The molecule has 0 amide bonds. The van der Waals surface area contributed by atoms with Gasteiger partial charge in [-0.15, -0.1) is 10.2 Å². The zero-order chi connectivity index (χ0) is 14.2. The van der Waals surface area contributed by atoms with Gasteiger partial charge < -0.3 is 10.2 Å². The molecule has 0 spiro atoms. The minimum absolute atomic E-state index is 0.306. The predicted molar refractivity (Wildman–Crippen MR) is 81.6 cm³/mol. The van der Waals surface area contributed by atoms with E-state index in [1.807, 2.05) is 10.6 Å². The number of nitrogens with one attached hydrogen (secondary N) is 1. The number of aromatic nitrogens is 4. The molecule has 1 aliphatic rings. The van der Waals surface area contributed by atoms with Crippen molar-refractivity contribution in [3.63, 3.8) is 0 Å². The van der Waals surface area contributed by atoms with Gasteiger partial charge in [0, 0.05) is 37.7 Å². The van der Waals surface area contributed by atoms with E-state index in [1.54, 1.807) is 12.5 Å². The molecule has 0 bridgehead atoms. The van der Waals surface area contributed by atoms with Crippen LogP contribution < -0.4 is 10.2 Å². The summed E-state index contributed by atoms with van der Waals surface area (Å²) in [6.45, 7) is 0.938. The summed E-state index contributed by atoms with van der Waals surface area (Å²) in [5.74, 6) is 0.785. The summed E-state index contributed by atoms with van der Waals surface area (Å²) in [4.78, 5) is 6.68. The second kappa shape index (κ2) is 4.73. The molecule has 0 radical (unpaired) electrons. The number of rotatable bonds is 2. The fourth-order valence-electron chi connectivity index (χ4n) is 2.97. The Labute approximate surface area is 122 Å². The third-order valence-electron chi connectivity index (χ3n) is 3.92. The lowest BCUT2D eigenvalue weighted by atomic mass is 9.98. The van der Waals surface area contributed by atoms with Gasteiger partial charge in [0.1, 0.15) is 6.33 Å². The van der Waals surface area contributed by atoms with Crippen LogP contribution in [0, 0.1) is 0 Å². The lowest BCUT2D eigenvalue weighted by molar-refractivity contribution is 0.662. The Morgan fingerprint density at radius 1 is 1.29 bits per heavy atom. The molecule has 0 fully saturated rings. The average molecular weight is 280 g/mol. The van der Waals surface area contributed by atoms with E-state index in [0.29, 0.717) is 6.04 Å². The van der Waals surface area contributed by atoms with Crippen molar-refractivity contribution in [1.82, 2.24) is 19.6 Å². The third-order valence-corrected chi connectivity index (χ3v) is 3.92. The Kier molecular flexibility index (Phi) is 2.73. The molecule has 1 atom stereocenters. The molecule has 0 saturated carbocycles. The summed E-state index contributed by atoms with van der Waals surface area (Å²) in [7, 11) is 2.12. The maximum atomic E-state index is 4.40. The smallest absolute Gasteiger partial charge is 0.203 e. The topological polar surface area (TPSA) is 58.4 Å². The molecule has 1 aliphatic heterocycles. The van der Waals surface area contributed by atoms with E-state index in [0.717, 1.165) is 24.4 Å². The van der Waals surface area contributed by atoms with Crippen molar-refractivity contribution in [2.24, 2.45) is 0 Å². The zero-order valence-corrected chi connectivity index (χ0v) is 11.8. The monoisotopic (exact) mass is 280 g/mol. The van der Waals surface area contributed by atoms with E-state index in [4.69, 9.17) is 0 Å². The van der Waals surface area contributed by atoms with Gasteiger partial charge in [-0.1, -0.05) is 18.2 Å². The van der Waals surface area contributed by atoms with Crippen LogP contribution in [0.5, 0.6) is 0 Å². The number of hydrogen-bond acceptors (Lipinski definition) is 5. The van der Waals surface area contributed by atoms with Crippen LogP contribution in [0.2, 0.25) is 0 Å². The summed E-state index contributed by atoms with van der Waals surface area (Å²) in [6, 6.07) is 8.84. The molecule has 3 heterocycles. The van der Waals surface area contributed by atoms with Crippen LogP contribution in [0.15, 0.2) is 43.0 Å². The van der Waals surface area contributed by atoms with E-state index >= 15 is 0 Å². The van der Waals surface area contributed by atoms with E-state index in [-0.39, 0.29) is 0 Å². The van der Waals surface area contributed by atoms with Crippen LogP contribution in [0.1, 0.15) is 5.56 Å². The molecule has 21 heavy (non-hydrogen) atoms. The number of nitrogens with zero attached hydrogens (tertiary/aromatic N) is 5. The summed E-state index contributed by atoms with van der Waals surface area (Å²) >= 11 is 0. The highest BCUT2D eigenvalue weighted by Crippen LogP contribution is 2.27. The highest BCUT2D eigenvalue weighted by atomic mass is 15.3. The lowest BCUT2D eigenvalue weighted by Crippen LogP contribution is -2.40. The van der Waals surface area contributed by atoms with Crippen LogP contribution in [-0.4, -0.2) is 39.2 Å². The van der Waals surface area contributed by atoms with E-state index in [9.17, 15) is 0 Å². The first kappa shape index (κ1) is 12.1. The fraction of sp³-hybridized carbons (Fsp3) is 0.267. The van der Waals surface area contributed by atoms with Crippen LogP contribution >= 0.6 is 0 Å². The highest BCUT2D eigenvalue weighted by molar-refractivity contribution is 5.63. The van der Waals surface area contributed by atoms with Crippen molar-refractivity contribution < 1.29 is 0 Å². The van der Waals surface area contributed by atoms with E-state index in [1.165, 1.54) is 11.3 Å². The first-order valence-corrected chi connectivity index (χ1v) is 7.01. The average Bonchev–Trinajstić information content (AvgIpc) is 2.97. The van der Waals surface area contributed by atoms with Crippen molar-refractivity contribution in [3.8, 4) is 0 Å². The lowest BCUT2D eigenvalue weighted by Gasteiger charge is -2.34. The summed E-state index contributed by atoms with van der Waals surface area (Å²) in [5.41, 5.74) is 3.43. The van der Waals surface area contributed by atoms with Crippen LogP contribution in [-0.2, 0) is 6.42 Å². The van der Waals surface area contributed by atoms with Crippen molar-refractivity contribution in [2.45, 2.75) is 12.5 Å². The predicted octanol–water partition coefficient (Wildman–Crippen LogP) is 1.60. The van der Waals surface area contributed by atoms with E-state index < -0.39 is 0 Å². The van der Waals surface area contributed by atoms with Gasteiger partial charge in [0.05, 0.1) is 0 Å². The molecule has 6 heteroatoms. The van der Waals surface area contributed by atoms with Gasteiger partial charge >= 0.3 is 0 Å². The number of hydrogen-bond donors (Lipinski definition) is 1. The zero-order valence-electron chi connectivity index (χ0n) is 11.8. The van der Waals surface area contributed by atoms with Crippen molar-refractivity contribution in [2.75, 3.05) is 23.8 Å². The van der Waals surface area contributed by atoms with Gasteiger partial charge in [-0.05, 0) is 18.1 Å². The molecule has 4 rings (SSSR count). The van der Waals surface area contributed by atoms with Crippen LogP contribution in [0.4, 0.5) is 11.5 Å². The number of para-hydroxylation sites is 1. The Balaban J connectivity index is 1.63. The summed E-state index contributed by atoms with van der Waals surface area (Å²) in [6.07, 6.45) is 6.28. The maximum Gasteiger partial charge on any atom is 0.203 e. The van der Waals surface area contributed by atoms with Gasteiger partial charge in [-0.3, -0.25) is 4.40 Å². The van der Waals surface area contributed by atoms with Gasteiger partial charge in [0.25, 0.3) is 0 Å². The molecule has 1 aromatic carbocycles. The molecular weight excluding hydrogens is 264 g/mol. The SMILES string of the molecule is CN1CC(Nc2nccn3cnnc23)Cc2ccccc21. The normalized spacial score (nSPS) is 17.8. The standard InChI is InChI=1S/C15H16N6/c1-20-9-12(8-11-4-2-3-5-13(11)20)18-14-15-19-17-10-21(15)7-6-16-14/h2-7,10,12H,8-9H2,1H3,(H,16,18). The van der Waals surface area contributed by atoms with Crippen LogP contribution in [0.3, 0.4) is 0 Å². The van der Waals surface area contributed by atoms with Gasteiger partial charge in [0.15, 0.2) is 5.82 Å². The van der Waals surface area contributed by atoms with E-state index in [2.05, 4.69) is 56.7 Å². The minimum atomic E-state index is 0.306. The second-order valence-corrected chi connectivity index (χ2v) is 5.39. The number of anilines is 2. The van der Waals surface area contributed by atoms with Gasteiger partial charge in [0.2, 0.25) is 5.65 Å². The maximum absolute atomic E-state index is 4.40. The molecule has 1 N–H and O–H groups in total. The van der Waals surface area contributed by atoms with Crippen molar-refractivity contribution in [1.29, 1.82) is 0 Å². The Morgan fingerprint density at radius 3 is 3.14 bits per heavy atom. The first-order valence-electron chi connectivity index (χ1n) is 7.01. The largest absolute Gasteiger partial charge is 0.372 e. The molecule has 6 nitrogen and oxygen atoms in total. The van der Waals surface area contributed by atoms with Crippen molar-refractivity contribution >= 4 is 17.2 Å². The molecular formula is C15H16N6. The molecule has 3 aromatic rings. The molecule has 0 saturated heterocycles. The van der Waals surface area contributed by atoms with Gasteiger partial charge in [-0.25, -0.2) is 4.98 Å². The second-order valence-electron chi connectivity index (χ2n) is 5.39. The first-order chi connectivity index (χ1) is 10.3. The fourth-order valence-corrected chi connectivity index (χ4v) is 2.97. The Hall–Kier alpha value is -2.63. The summed E-state index contributed by atoms with van der Waals surface area (Å²) in [5, 5.41) is 11.6. The van der Waals surface area contributed by atoms with Gasteiger partial charge in [-0.2, -0.15) is 0 Å². The Bertz CT molecular complexity index is 780. The number of likely N-dealkylation sites (N-methyl/N-ethyl adjacent to an activating group) is 1. The molecule has 106 valence electrons. The molecule has 1 unspecified atom stereocenters. The summed E-state index contributed by atoms with van der Waals surface area (Å²) < 4.78 is 1.87.